The van der Waals surface area contributed by atoms with Gasteiger partial charge >= 0.3 is 0 Å². The topological polar surface area (TPSA) is 67.0 Å². The second kappa shape index (κ2) is 6.67. The average molecular weight is 325 g/mol. The van der Waals surface area contributed by atoms with Gasteiger partial charge < -0.3 is 10.1 Å². The lowest BCUT2D eigenvalue weighted by atomic mass is 9.95. The summed E-state index contributed by atoms with van der Waals surface area (Å²) in [6, 6.07) is 8.17. The molecule has 0 saturated heterocycles. The number of aromatic amines is 1. The van der Waals surface area contributed by atoms with Gasteiger partial charge in [-0.15, -0.1) is 0 Å². The van der Waals surface area contributed by atoms with Crippen molar-refractivity contribution in [2.45, 2.75) is 38.5 Å². The van der Waals surface area contributed by atoms with E-state index in [9.17, 15) is 4.79 Å². The van der Waals surface area contributed by atoms with E-state index >= 15 is 0 Å². The van der Waals surface area contributed by atoms with Crippen LogP contribution in [-0.2, 0) is 19.3 Å². The molecule has 5 heteroatoms. The van der Waals surface area contributed by atoms with Crippen molar-refractivity contribution >= 4 is 5.91 Å². The Balaban J connectivity index is 1.40. The number of benzene rings is 1. The molecule has 1 aliphatic heterocycles. The lowest BCUT2D eigenvalue weighted by Gasteiger charge is -2.15. The number of fused-ring (bicyclic) bond motifs is 2. The predicted molar refractivity (Wildman–Crippen MR) is 91.3 cm³/mol. The number of aromatic nitrogens is 2. The Bertz CT molecular complexity index is 738. The molecule has 0 fully saturated rings. The van der Waals surface area contributed by atoms with Crippen LogP contribution in [0.4, 0.5) is 0 Å². The summed E-state index contributed by atoms with van der Waals surface area (Å²) in [6.45, 7) is 1.37. The molecule has 1 amide bonds. The lowest BCUT2D eigenvalue weighted by Crippen LogP contribution is -2.31. The molecule has 0 spiro atoms. The van der Waals surface area contributed by atoms with Crippen LogP contribution in [-0.4, -0.2) is 29.3 Å². The first kappa shape index (κ1) is 15.2. The van der Waals surface area contributed by atoms with Gasteiger partial charge in [0.15, 0.2) is 5.69 Å². The fourth-order valence-electron chi connectivity index (χ4n) is 3.73. The zero-order valence-corrected chi connectivity index (χ0v) is 13.8. The third-order valence-corrected chi connectivity index (χ3v) is 5.09. The van der Waals surface area contributed by atoms with E-state index in [1.807, 2.05) is 18.2 Å². The first-order chi connectivity index (χ1) is 11.8. The molecule has 2 N–H and O–H groups in total. The lowest BCUT2D eigenvalue weighted by molar-refractivity contribution is 0.0939. The van der Waals surface area contributed by atoms with Crippen molar-refractivity contribution in [2.24, 2.45) is 5.92 Å². The van der Waals surface area contributed by atoms with Crippen LogP contribution >= 0.6 is 0 Å². The number of para-hydroxylation sites is 1. The van der Waals surface area contributed by atoms with Crippen LogP contribution in [0.1, 0.15) is 46.6 Å². The maximum atomic E-state index is 12.5. The number of carbonyl (C=O) groups is 1. The number of nitrogens with zero attached hydrogens (tertiary/aromatic N) is 1. The molecule has 4 rings (SSSR count). The first-order valence-electron chi connectivity index (χ1n) is 8.86. The minimum absolute atomic E-state index is 0.0483. The average Bonchev–Trinajstić information content (AvgIpc) is 2.93. The molecule has 1 aromatic carbocycles. The number of ether oxygens (including phenoxy) is 1. The Hall–Kier alpha value is -2.30. The van der Waals surface area contributed by atoms with E-state index < -0.39 is 0 Å². The standard InChI is InChI=1S/C19H23N3O2/c23-19(18-15-6-2-3-7-16(15)21-22-18)20-12-13-9-10-24-17-8-4-1-5-14(17)11-13/h1,4-5,8,13H,2-3,6-7,9-12H2,(H,20,23)(H,21,22)/t13-/m0/s1. The molecular weight excluding hydrogens is 302 g/mol. The van der Waals surface area contributed by atoms with Gasteiger partial charge in [0.05, 0.1) is 6.61 Å². The monoisotopic (exact) mass is 325 g/mol. The van der Waals surface area contributed by atoms with E-state index in [1.165, 1.54) is 12.0 Å². The highest BCUT2D eigenvalue weighted by Crippen LogP contribution is 2.26. The second-order valence-corrected chi connectivity index (χ2v) is 6.76. The maximum Gasteiger partial charge on any atom is 0.272 e. The van der Waals surface area contributed by atoms with Crippen LogP contribution in [0, 0.1) is 5.92 Å². The number of H-pyrrole nitrogens is 1. The quantitative estimate of drug-likeness (QED) is 0.912. The van der Waals surface area contributed by atoms with Gasteiger partial charge in [0.1, 0.15) is 5.75 Å². The first-order valence-corrected chi connectivity index (χ1v) is 8.86. The van der Waals surface area contributed by atoms with E-state index in [0.717, 1.165) is 49.1 Å². The molecule has 2 heterocycles. The summed E-state index contributed by atoms with van der Waals surface area (Å²) < 4.78 is 5.80. The summed E-state index contributed by atoms with van der Waals surface area (Å²) in [5.74, 6) is 1.33. The van der Waals surface area contributed by atoms with Crippen LogP contribution in [0.5, 0.6) is 5.75 Å². The normalized spacial score (nSPS) is 19.6. The molecule has 24 heavy (non-hydrogen) atoms. The summed E-state index contributed by atoms with van der Waals surface area (Å²) in [5, 5.41) is 10.4. The van der Waals surface area contributed by atoms with Gasteiger partial charge in [-0.25, -0.2) is 0 Å². The zero-order valence-electron chi connectivity index (χ0n) is 13.8. The van der Waals surface area contributed by atoms with Crippen LogP contribution in [0.2, 0.25) is 0 Å². The minimum Gasteiger partial charge on any atom is -0.493 e. The highest BCUT2D eigenvalue weighted by molar-refractivity contribution is 5.94. The van der Waals surface area contributed by atoms with E-state index in [0.29, 0.717) is 24.8 Å². The number of aryl methyl sites for hydroxylation is 1. The minimum atomic E-state index is -0.0483. The third kappa shape index (κ3) is 3.03. The molecule has 0 unspecified atom stereocenters. The Morgan fingerprint density at radius 1 is 1.29 bits per heavy atom. The molecule has 126 valence electrons. The van der Waals surface area contributed by atoms with E-state index in [-0.39, 0.29) is 5.91 Å². The molecular formula is C19H23N3O2. The Labute approximate surface area is 141 Å². The van der Waals surface area contributed by atoms with Gasteiger partial charge in [0.25, 0.3) is 5.91 Å². The van der Waals surface area contributed by atoms with Crippen molar-refractivity contribution in [3.8, 4) is 5.75 Å². The number of amides is 1. The van der Waals surface area contributed by atoms with Gasteiger partial charge in [-0.3, -0.25) is 9.89 Å². The smallest absolute Gasteiger partial charge is 0.272 e. The van der Waals surface area contributed by atoms with Crippen LogP contribution < -0.4 is 10.1 Å². The number of rotatable bonds is 3. The highest BCUT2D eigenvalue weighted by Gasteiger charge is 2.23. The van der Waals surface area contributed by atoms with Gasteiger partial charge in [0, 0.05) is 17.8 Å². The number of hydrogen-bond donors (Lipinski definition) is 2. The molecule has 2 aliphatic rings. The Morgan fingerprint density at radius 3 is 3.12 bits per heavy atom. The summed E-state index contributed by atoms with van der Waals surface area (Å²) in [6.07, 6.45) is 6.18. The molecule has 5 nitrogen and oxygen atoms in total. The van der Waals surface area contributed by atoms with Gasteiger partial charge in [-0.05, 0) is 56.1 Å². The zero-order chi connectivity index (χ0) is 16.4. The van der Waals surface area contributed by atoms with Crippen molar-refractivity contribution in [1.82, 2.24) is 15.5 Å². The van der Waals surface area contributed by atoms with E-state index in [1.54, 1.807) is 0 Å². The Morgan fingerprint density at radius 2 is 2.17 bits per heavy atom. The summed E-state index contributed by atoms with van der Waals surface area (Å²) in [5.41, 5.74) is 4.08. The Kier molecular flexibility index (Phi) is 4.24. The second-order valence-electron chi connectivity index (χ2n) is 6.76. The fraction of sp³-hybridized carbons (Fsp3) is 0.474. The largest absolute Gasteiger partial charge is 0.493 e. The SMILES string of the molecule is O=C(NC[C@H]1CCOc2ccccc2C1)c1n[nH]c2c1CCCC2. The molecule has 1 aliphatic carbocycles. The summed E-state index contributed by atoms with van der Waals surface area (Å²) >= 11 is 0. The van der Waals surface area contributed by atoms with Crippen molar-refractivity contribution in [3.05, 3.63) is 46.8 Å². The third-order valence-electron chi connectivity index (χ3n) is 5.09. The summed E-state index contributed by atoms with van der Waals surface area (Å²) in [7, 11) is 0. The molecule has 2 aromatic rings. The highest BCUT2D eigenvalue weighted by atomic mass is 16.5. The summed E-state index contributed by atoms with van der Waals surface area (Å²) in [4.78, 5) is 12.5. The number of nitrogens with one attached hydrogen (secondary N) is 2. The van der Waals surface area contributed by atoms with Crippen LogP contribution in [0.15, 0.2) is 24.3 Å². The van der Waals surface area contributed by atoms with Crippen molar-refractivity contribution in [3.63, 3.8) is 0 Å². The van der Waals surface area contributed by atoms with Crippen LogP contribution in [0.25, 0.3) is 0 Å². The van der Waals surface area contributed by atoms with Crippen molar-refractivity contribution < 1.29 is 9.53 Å². The van der Waals surface area contributed by atoms with Crippen LogP contribution in [0.3, 0.4) is 0 Å². The molecule has 1 aromatic heterocycles. The molecule has 0 saturated carbocycles. The predicted octanol–water partition coefficient (Wildman–Crippen LogP) is 2.66. The van der Waals surface area contributed by atoms with Crippen molar-refractivity contribution in [1.29, 1.82) is 0 Å². The van der Waals surface area contributed by atoms with Gasteiger partial charge in [-0.1, -0.05) is 18.2 Å². The van der Waals surface area contributed by atoms with E-state index in [2.05, 4.69) is 21.6 Å². The maximum absolute atomic E-state index is 12.5. The molecule has 0 bridgehead atoms. The molecule has 0 radical (unpaired) electrons. The van der Waals surface area contributed by atoms with Gasteiger partial charge in [-0.2, -0.15) is 5.10 Å². The fourth-order valence-corrected chi connectivity index (χ4v) is 3.73. The van der Waals surface area contributed by atoms with Crippen molar-refractivity contribution in [2.75, 3.05) is 13.2 Å². The van der Waals surface area contributed by atoms with E-state index in [4.69, 9.17) is 4.74 Å². The number of carbonyl (C=O) groups excluding carboxylic acids is 1. The van der Waals surface area contributed by atoms with Gasteiger partial charge in [0.2, 0.25) is 0 Å². The number of hydrogen-bond acceptors (Lipinski definition) is 3. The molecule has 1 atom stereocenters.